The molecule has 22 heavy (non-hydrogen) atoms. The van der Waals surface area contributed by atoms with Crippen molar-refractivity contribution in [1.29, 1.82) is 0 Å². The van der Waals surface area contributed by atoms with E-state index in [9.17, 15) is 0 Å². The second kappa shape index (κ2) is 5.51. The van der Waals surface area contributed by atoms with Crippen molar-refractivity contribution in [3.8, 4) is 5.88 Å². The summed E-state index contributed by atoms with van der Waals surface area (Å²) >= 11 is 0. The van der Waals surface area contributed by atoms with E-state index in [1.54, 1.807) is 6.20 Å². The maximum atomic E-state index is 6.03. The van der Waals surface area contributed by atoms with E-state index < -0.39 is 0 Å². The Hall–Kier alpha value is -1.11. The van der Waals surface area contributed by atoms with Gasteiger partial charge in [0.25, 0.3) is 0 Å². The van der Waals surface area contributed by atoms with Crippen LogP contribution in [-0.2, 0) is 9.31 Å². The highest BCUT2D eigenvalue weighted by Crippen LogP contribution is 2.36. The van der Waals surface area contributed by atoms with Gasteiger partial charge in [0.15, 0.2) is 0 Å². The summed E-state index contributed by atoms with van der Waals surface area (Å²) in [6, 6.07) is 3.88. The molecule has 2 fully saturated rings. The van der Waals surface area contributed by atoms with Crippen LogP contribution in [0.4, 0.5) is 0 Å². The molecule has 1 unspecified atom stereocenters. The fraction of sp³-hybridized carbons (Fsp3) is 0.688. The van der Waals surface area contributed by atoms with Crippen molar-refractivity contribution < 1.29 is 14.0 Å². The number of ether oxygens (including phenoxy) is 1. The van der Waals surface area contributed by atoms with Gasteiger partial charge in [-0.15, -0.1) is 0 Å². The van der Waals surface area contributed by atoms with E-state index in [4.69, 9.17) is 14.0 Å². The Morgan fingerprint density at radius 3 is 2.41 bits per heavy atom. The molecular formula is C16H25BN2O3. The van der Waals surface area contributed by atoms with Crippen LogP contribution in [0.1, 0.15) is 34.1 Å². The van der Waals surface area contributed by atoms with E-state index >= 15 is 0 Å². The number of hydrogen-bond acceptors (Lipinski definition) is 5. The summed E-state index contributed by atoms with van der Waals surface area (Å²) in [6.45, 7) is 10.2. The summed E-state index contributed by atoms with van der Waals surface area (Å²) in [5, 5.41) is 0. The third-order valence-corrected chi connectivity index (χ3v) is 4.92. The second-order valence-corrected chi connectivity index (χ2v) is 7.31. The first-order valence-electron chi connectivity index (χ1n) is 7.94. The van der Waals surface area contributed by atoms with Gasteiger partial charge in [0, 0.05) is 24.7 Å². The smallest absolute Gasteiger partial charge is 0.473 e. The van der Waals surface area contributed by atoms with Crippen molar-refractivity contribution in [3.63, 3.8) is 0 Å². The fourth-order valence-corrected chi connectivity index (χ4v) is 2.74. The number of rotatable bonds is 3. The number of pyridine rings is 1. The van der Waals surface area contributed by atoms with Crippen molar-refractivity contribution in [3.05, 3.63) is 18.3 Å². The van der Waals surface area contributed by atoms with Gasteiger partial charge in [0.1, 0.15) is 6.10 Å². The Morgan fingerprint density at radius 1 is 1.23 bits per heavy atom. The zero-order valence-electron chi connectivity index (χ0n) is 14.1. The lowest BCUT2D eigenvalue weighted by atomic mass is 9.80. The highest BCUT2D eigenvalue weighted by atomic mass is 16.7. The highest BCUT2D eigenvalue weighted by molar-refractivity contribution is 6.62. The van der Waals surface area contributed by atoms with Crippen LogP contribution in [0.25, 0.3) is 0 Å². The first-order valence-corrected chi connectivity index (χ1v) is 7.94. The maximum absolute atomic E-state index is 6.03. The number of aromatic nitrogens is 1. The van der Waals surface area contributed by atoms with E-state index in [-0.39, 0.29) is 24.4 Å². The van der Waals surface area contributed by atoms with Crippen molar-refractivity contribution >= 4 is 12.6 Å². The van der Waals surface area contributed by atoms with Gasteiger partial charge in [-0.2, -0.15) is 0 Å². The van der Waals surface area contributed by atoms with Gasteiger partial charge in [-0.05, 0) is 47.2 Å². The summed E-state index contributed by atoms with van der Waals surface area (Å²) in [5.41, 5.74) is 0.261. The summed E-state index contributed by atoms with van der Waals surface area (Å²) in [4.78, 5) is 6.67. The average molecular weight is 304 g/mol. The van der Waals surface area contributed by atoms with Gasteiger partial charge >= 0.3 is 7.12 Å². The molecule has 0 aliphatic carbocycles. The summed E-state index contributed by atoms with van der Waals surface area (Å²) < 4.78 is 18.0. The molecule has 0 aromatic carbocycles. The largest absolute Gasteiger partial charge is 0.496 e. The topological polar surface area (TPSA) is 43.8 Å². The first-order chi connectivity index (χ1) is 10.3. The van der Waals surface area contributed by atoms with Gasteiger partial charge in [0.05, 0.1) is 11.2 Å². The van der Waals surface area contributed by atoms with Gasteiger partial charge in [-0.3, -0.25) is 0 Å². The fourth-order valence-electron chi connectivity index (χ4n) is 2.74. The summed E-state index contributed by atoms with van der Waals surface area (Å²) in [5.74, 6) is 0.667. The molecule has 0 N–H and O–H groups in total. The number of likely N-dealkylation sites (tertiary alicyclic amines) is 1. The third kappa shape index (κ3) is 3.00. The molecule has 3 rings (SSSR count). The quantitative estimate of drug-likeness (QED) is 0.791. The standard InChI is InChI=1S/C16H25BN2O3/c1-15(2)16(3,4)22-17(21-15)12-6-7-14(18-10-12)20-13-8-9-19(5)11-13/h6-7,10,13H,8-9,11H2,1-5H3. The maximum Gasteiger partial charge on any atom is 0.496 e. The average Bonchev–Trinajstić information content (AvgIpc) is 2.92. The van der Waals surface area contributed by atoms with Gasteiger partial charge < -0.3 is 18.9 Å². The predicted molar refractivity (Wildman–Crippen MR) is 86.5 cm³/mol. The zero-order valence-corrected chi connectivity index (χ0v) is 14.1. The minimum absolute atomic E-state index is 0.236. The number of nitrogens with zero attached hydrogens (tertiary/aromatic N) is 2. The SMILES string of the molecule is CN1CCC(Oc2ccc(B3OC(C)(C)C(C)(C)O3)cn2)C1. The minimum atomic E-state index is -0.371. The van der Waals surface area contributed by atoms with Crippen molar-refractivity contribution in [2.24, 2.45) is 0 Å². The Morgan fingerprint density at radius 2 is 1.91 bits per heavy atom. The lowest BCUT2D eigenvalue weighted by Gasteiger charge is -2.32. The molecule has 5 nitrogen and oxygen atoms in total. The monoisotopic (exact) mass is 304 g/mol. The van der Waals surface area contributed by atoms with Crippen molar-refractivity contribution in [1.82, 2.24) is 9.88 Å². The van der Waals surface area contributed by atoms with Crippen LogP contribution < -0.4 is 10.2 Å². The summed E-state index contributed by atoms with van der Waals surface area (Å²) in [6.07, 6.45) is 3.08. The molecule has 1 atom stereocenters. The third-order valence-electron chi connectivity index (χ3n) is 4.92. The van der Waals surface area contributed by atoms with Crippen LogP contribution in [0.15, 0.2) is 18.3 Å². The van der Waals surface area contributed by atoms with E-state index in [0.717, 1.165) is 25.0 Å². The minimum Gasteiger partial charge on any atom is -0.473 e. The van der Waals surface area contributed by atoms with Gasteiger partial charge in [0.2, 0.25) is 5.88 Å². The van der Waals surface area contributed by atoms with E-state index in [1.807, 2.05) is 12.1 Å². The van der Waals surface area contributed by atoms with E-state index in [0.29, 0.717) is 5.88 Å². The molecule has 120 valence electrons. The van der Waals surface area contributed by atoms with Crippen LogP contribution in [0.3, 0.4) is 0 Å². The molecule has 2 aliphatic heterocycles. The molecule has 1 aromatic heterocycles. The lowest BCUT2D eigenvalue weighted by Crippen LogP contribution is -2.41. The molecule has 6 heteroatoms. The molecule has 0 bridgehead atoms. The van der Waals surface area contributed by atoms with Gasteiger partial charge in [-0.1, -0.05) is 6.07 Å². The molecule has 0 amide bonds. The Bertz CT molecular complexity index is 517. The number of hydrogen-bond donors (Lipinski definition) is 0. The Kier molecular flexibility index (Phi) is 3.95. The highest BCUT2D eigenvalue weighted by Gasteiger charge is 2.51. The van der Waals surface area contributed by atoms with Crippen LogP contribution in [0, 0.1) is 0 Å². The number of likely N-dealkylation sites (N-methyl/N-ethyl adjacent to an activating group) is 1. The van der Waals surface area contributed by atoms with Crippen molar-refractivity contribution in [2.45, 2.75) is 51.4 Å². The first kappa shape index (κ1) is 15.8. The normalized spacial score (nSPS) is 27.3. The molecule has 3 heterocycles. The van der Waals surface area contributed by atoms with Crippen LogP contribution >= 0.6 is 0 Å². The molecule has 2 saturated heterocycles. The van der Waals surface area contributed by atoms with Crippen LogP contribution in [0.5, 0.6) is 5.88 Å². The Balaban J connectivity index is 1.65. The lowest BCUT2D eigenvalue weighted by molar-refractivity contribution is 0.00578. The molecule has 2 aliphatic rings. The van der Waals surface area contributed by atoms with Crippen LogP contribution in [0.2, 0.25) is 0 Å². The molecule has 1 aromatic rings. The van der Waals surface area contributed by atoms with E-state index in [1.165, 1.54) is 0 Å². The van der Waals surface area contributed by atoms with Gasteiger partial charge in [-0.25, -0.2) is 4.98 Å². The summed E-state index contributed by atoms with van der Waals surface area (Å²) in [7, 11) is 1.74. The Labute approximate surface area is 133 Å². The molecule has 0 spiro atoms. The molecule has 0 saturated carbocycles. The predicted octanol–water partition coefficient (Wildman–Crippen LogP) is 1.46. The molecular weight excluding hydrogens is 279 g/mol. The van der Waals surface area contributed by atoms with Crippen molar-refractivity contribution in [2.75, 3.05) is 20.1 Å². The zero-order chi connectivity index (χ0) is 16.0. The van der Waals surface area contributed by atoms with E-state index in [2.05, 4.69) is 44.6 Å². The second-order valence-electron chi connectivity index (χ2n) is 7.31. The molecule has 0 radical (unpaired) electrons. The van der Waals surface area contributed by atoms with Crippen LogP contribution in [-0.4, -0.2) is 54.4 Å².